The summed E-state index contributed by atoms with van der Waals surface area (Å²) in [5.41, 5.74) is -0.418. The largest absolute Gasteiger partial charge is 0.480 e. The molecule has 5 heteroatoms. The highest BCUT2D eigenvalue weighted by Gasteiger charge is 2.44. The molecule has 1 unspecified atom stereocenters. The quantitative estimate of drug-likeness (QED) is 0.739. The molecule has 0 aromatic rings. The average molecular weight is 268 g/mol. The number of rotatable bonds is 6. The molecule has 0 aliphatic rings. The molecule has 102 valence electrons. The van der Waals surface area contributed by atoms with E-state index in [0.717, 1.165) is 6.92 Å². The Hall–Kier alpha value is -0.320. The van der Waals surface area contributed by atoms with E-state index in [0.29, 0.717) is 12.2 Å². The van der Waals surface area contributed by atoms with Crippen molar-refractivity contribution in [1.29, 1.82) is 0 Å². The maximum absolute atomic E-state index is 12.6. The van der Waals surface area contributed by atoms with E-state index in [-0.39, 0.29) is 6.42 Å². The first-order valence-electron chi connectivity index (χ1n) is 5.65. The molecule has 0 amide bonds. The van der Waals surface area contributed by atoms with Gasteiger partial charge in [0.15, 0.2) is 0 Å². The molecule has 0 fully saturated rings. The summed E-state index contributed by atoms with van der Waals surface area (Å²) in [6.45, 7) is 8.09. The zero-order valence-electron chi connectivity index (χ0n) is 11.1. The maximum atomic E-state index is 12.6. The molecule has 0 heterocycles. The second-order valence-electron chi connectivity index (χ2n) is 5.61. The molecule has 0 saturated carbocycles. The van der Waals surface area contributed by atoms with Gasteiger partial charge in [0.1, 0.15) is 4.75 Å². The van der Waals surface area contributed by atoms with Crippen molar-refractivity contribution in [3.63, 3.8) is 0 Å². The van der Waals surface area contributed by atoms with E-state index < -0.39 is 22.1 Å². The highest BCUT2D eigenvalue weighted by atomic mass is 32.2. The van der Waals surface area contributed by atoms with Crippen LogP contribution >= 0.6 is 11.8 Å². The fourth-order valence-electron chi connectivity index (χ4n) is 1.26. The molecule has 0 aliphatic heterocycles. The molecule has 17 heavy (non-hydrogen) atoms. The Kier molecular flexibility index (Phi) is 5.44. The van der Waals surface area contributed by atoms with E-state index in [1.807, 2.05) is 20.8 Å². The molecule has 0 aromatic carbocycles. The van der Waals surface area contributed by atoms with E-state index in [1.54, 1.807) is 6.92 Å². The smallest absolute Gasteiger partial charge is 0.320 e. The summed E-state index contributed by atoms with van der Waals surface area (Å²) >= 11 is 1.25. The van der Waals surface area contributed by atoms with Gasteiger partial charge in [-0.1, -0.05) is 20.8 Å². The van der Waals surface area contributed by atoms with Crippen molar-refractivity contribution in [3.05, 3.63) is 0 Å². The van der Waals surface area contributed by atoms with Gasteiger partial charge in [-0.3, -0.25) is 4.79 Å². The predicted octanol–water partition coefficient (Wildman–Crippen LogP) is 4.04. The number of halogens is 2. The standard InChI is InChI=1S/C12H22F2O2S/c1-10(2,3)12(5,9(15)16)17-8-6-7-11(4,13)14/h6-8H2,1-5H3,(H,15,16). The summed E-state index contributed by atoms with van der Waals surface area (Å²) in [7, 11) is 0. The number of alkyl halides is 2. The van der Waals surface area contributed by atoms with Crippen LogP contribution in [-0.2, 0) is 4.79 Å². The van der Waals surface area contributed by atoms with Crippen LogP contribution in [0.5, 0.6) is 0 Å². The summed E-state index contributed by atoms with van der Waals surface area (Å²) in [5.74, 6) is -3.12. The molecule has 0 saturated heterocycles. The van der Waals surface area contributed by atoms with Crippen LogP contribution in [0.1, 0.15) is 47.5 Å². The summed E-state index contributed by atoms with van der Waals surface area (Å²) in [5, 5.41) is 9.26. The number of carbonyl (C=O) groups is 1. The molecule has 0 spiro atoms. The zero-order valence-corrected chi connectivity index (χ0v) is 12.0. The van der Waals surface area contributed by atoms with Crippen LogP contribution in [0.25, 0.3) is 0 Å². The fourth-order valence-corrected chi connectivity index (χ4v) is 2.51. The van der Waals surface area contributed by atoms with E-state index in [4.69, 9.17) is 0 Å². The first-order chi connectivity index (χ1) is 7.40. The van der Waals surface area contributed by atoms with E-state index in [9.17, 15) is 18.7 Å². The van der Waals surface area contributed by atoms with Crippen LogP contribution in [0, 0.1) is 5.41 Å². The Balaban J connectivity index is 4.37. The Morgan fingerprint density at radius 1 is 1.18 bits per heavy atom. The van der Waals surface area contributed by atoms with Crippen molar-refractivity contribution in [2.24, 2.45) is 5.41 Å². The first kappa shape index (κ1) is 16.7. The van der Waals surface area contributed by atoms with Crippen LogP contribution in [0.4, 0.5) is 8.78 Å². The molecular formula is C12H22F2O2S. The van der Waals surface area contributed by atoms with Crippen LogP contribution < -0.4 is 0 Å². The van der Waals surface area contributed by atoms with Crippen molar-refractivity contribution < 1.29 is 18.7 Å². The Morgan fingerprint density at radius 3 is 1.94 bits per heavy atom. The van der Waals surface area contributed by atoms with Gasteiger partial charge in [-0.05, 0) is 31.4 Å². The van der Waals surface area contributed by atoms with Gasteiger partial charge in [-0.15, -0.1) is 11.8 Å². The SMILES string of the molecule is CC(F)(F)CCCSC(C)(C(=O)O)C(C)(C)C. The van der Waals surface area contributed by atoms with E-state index in [2.05, 4.69) is 0 Å². The third-order valence-electron chi connectivity index (χ3n) is 2.99. The van der Waals surface area contributed by atoms with Gasteiger partial charge in [0, 0.05) is 6.42 Å². The number of hydrogen-bond donors (Lipinski definition) is 1. The van der Waals surface area contributed by atoms with Gasteiger partial charge in [-0.25, -0.2) is 8.78 Å². The first-order valence-corrected chi connectivity index (χ1v) is 6.64. The molecule has 2 nitrogen and oxygen atoms in total. The molecule has 0 radical (unpaired) electrons. The lowest BCUT2D eigenvalue weighted by atomic mass is 9.81. The van der Waals surface area contributed by atoms with Crippen LogP contribution in [-0.4, -0.2) is 27.5 Å². The predicted molar refractivity (Wildman–Crippen MR) is 67.8 cm³/mol. The van der Waals surface area contributed by atoms with E-state index >= 15 is 0 Å². The van der Waals surface area contributed by atoms with Crippen LogP contribution in [0.3, 0.4) is 0 Å². The number of carboxylic acid groups (broad SMARTS) is 1. The number of hydrogen-bond acceptors (Lipinski definition) is 2. The Morgan fingerprint density at radius 2 is 1.65 bits per heavy atom. The van der Waals surface area contributed by atoms with Crippen LogP contribution in [0.2, 0.25) is 0 Å². The molecule has 0 aromatic heterocycles. The molecule has 0 aliphatic carbocycles. The normalized spacial score (nSPS) is 16.6. The second-order valence-corrected chi connectivity index (χ2v) is 7.12. The highest BCUT2D eigenvalue weighted by molar-refractivity contribution is 8.01. The molecule has 1 atom stereocenters. The van der Waals surface area contributed by atoms with Gasteiger partial charge in [0.05, 0.1) is 0 Å². The number of aliphatic carboxylic acids is 1. The van der Waals surface area contributed by atoms with Crippen molar-refractivity contribution >= 4 is 17.7 Å². The van der Waals surface area contributed by atoms with Crippen molar-refractivity contribution in [3.8, 4) is 0 Å². The maximum Gasteiger partial charge on any atom is 0.320 e. The monoisotopic (exact) mass is 268 g/mol. The molecule has 1 N–H and O–H groups in total. The number of thioether (sulfide) groups is 1. The number of carboxylic acids is 1. The lowest BCUT2D eigenvalue weighted by Crippen LogP contribution is -2.44. The highest BCUT2D eigenvalue weighted by Crippen LogP contribution is 2.42. The lowest BCUT2D eigenvalue weighted by Gasteiger charge is -2.37. The fraction of sp³-hybridized carbons (Fsp3) is 0.917. The minimum Gasteiger partial charge on any atom is -0.480 e. The third kappa shape index (κ3) is 5.23. The Labute approximate surface area is 106 Å². The van der Waals surface area contributed by atoms with Crippen LogP contribution in [0.15, 0.2) is 0 Å². The van der Waals surface area contributed by atoms with Crippen molar-refractivity contribution in [2.75, 3.05) is 5.75 Å². The molecule has 0 bridgehead atoms. The van der Waals surface area contributed by atoms with Gasteiger partial charge in [0.2, 0.25) is 5.92 Å². The summed E-state index contributed by atoms with van der Waals surface area (Å²) in [6.07, 6.45) is 0.132. The third-order valence-corrected chi connectivity index (χ3v) is 4.85. The average Bonchev–Trinajstić information content (AvgIpc) is 2.08. The topological polar surface area (TPSA) is 37.3 Å². The summed E-state index contributed by atoms with van der Waals surface area (Å²) in [6, 6.07) is 0. The van der Waals surface area contributed by atoms with Gasteiger partial charge < -0.3 is 5.11 Å². The van der Waals surface area contributed by atoms with Crippen molar-refractivity contribution in [2.45, 2.75) is 58.1 Å². The minimum absolute atomic E-state index is 0.195. The minimum atomic E-state index is -2.66. The molecule has 0 rings (SSSR count). The molecular weight excluding hydrogens is 246 g/mol. The van der Waals surface area contributed by atoms with Gasteiger partial charge in [-0.2, -0.15) is 0 Å². The van der Waals surface area contributed by atoms with E-state index in [1.165, 1.54) is 11.8 Å². The Bertz CT molecular complexity index is 269. The lowest BCUT2D eigenvalue weighted by molar-refractivity contribution is -0.142. The summed E-state index contributed by atoms with van der Waals surface area (Å²) < 4.78 is 24.3. The zero-order chi connectivity index (χ0) is 13.9. The second kappa shape index (κ2) is 5.55. The van der Waals surface area contributed by atoms with Gasteiger partial charge >= 0.3 is 5.97 Å². The summed E-state index contributed by atoms with van der Waals surface area (Å²) in [4.78, 5) is 11.3. The van der Waals surface area contributed by atoms with Gasteiger partial charge in [0.25, 0.3) is 0 Å². The van der Waals surface area contributed by atoms with Crippen molar-refractivity contribution in [1.82, 2.24) is 0 Å².